The average Bonchev–Trinajstić information content (AvgIpc) is 2.30. The first kappa shape index (κ1) is 14.3. The van der Waals surface area contributed by atoms with Crippen molar-refractivity contribution in [3.05, 3.63) is 30.1 Å². The number of hydrogen-bond donors (Lipinski definition) is 1. The Bertz CT molecular complexity index is 303. The molecule has 0 aromatic heterocycles. The molecule has 96 valence electrons. The van der Waals surface area contributed by atoms with Gasteiger partial charge in [0.15, 0.2) is 0 Å². The monoisotopic (exact) mass is 257 g/mol. The van der Waals surface area contributed by atoms with Gasteiger partial charge in [-0.2, -0.15) is 11.8 Å². The average molecular weight is 257 g/mol. The van der Waals surface area contributed by atoms with Crippen LogP contribution in [-0.4, -0.2) is 24.2 Å². The van der Waals surface area contributed by atoms with Crippen molar-refractivity contribution < 1.29 is 9.13 Å². The van der Waals surface area contributed by atoms with Crippen LogP contribution in [0.3, 0.4) is 0 Å². The van der Waals surface area contributed by atoms with Crippen molar-refractivity contribution in [3.8, 4) is 5.75 Å². The van der Waals surface area contributed by atoms with Gasteiger partial charge in [0, 0.05) is 6.04 Å². The van der Waals surface area contributed by atoms with E-state index in [4.69, 9.17) is 10.5 Å². The highest BCUT2D eigenvalue weighted by molar-refractivity contribution is 7.99. The molecule has 17 heavy (non-hydrogen) atoms. The maximum absolute atomic E-state index is 12.6. The molecular weight excluding hydrogens is 237 g/mol. The summed E-state index contributed by atoms with van der Waals surface area (Å²) in [7, 11) is 0. The summed E-state index contributed by atoms with van der Waals surface area (Å²) in [5, 5.41) is 0. The normalized spacial score (nSPS) is 12.4. The predicted octanol–water partition coefficient (Wildman–Crippen LogP) is 3.07. The third-order valence-electron chi connectivity index (χ3n) is 2.23. The smallest absolute Gasteiger partial charge is 0.123 e. The second kappa shape index (κ2) is 8.37. The molecule has 4 heteroatoms. The van der Waals surface area contributed by atoms with Crippen LogP contribution in [0, 0.1) is 5.82 Å². The Balaban J connectivity index is 1.99. The van der Waals surface area contributed by atoms with Gasteiger partial charge in [-0.1, -0.05) is 0 Å². The number of nitrogens with two attached hydrogens (primary N) is 1. The van der Waals surface area contributed by atoms with Crippen molar-refractivity contribution in [2.45, 2.75) is 25.8 Å². The van der Waals surface area contributed by atoms with E-state index in [2.05, 4.69) is 0 Å². The molecular formula is C13H20FNOS. The third-order valence-corrected chi connectivity index (χ3v) is 3.33. The van der Waals surface area contributed by atoms with Crippen molar-refractivity contribution >= 4 is 11.8 Å². The van der Waals surface area contributed by atoms with Crippen molar-refractivity contribution in [2.75, 3.05) is 18.1 Å². The molecule has 0 saturated heterocycles. The molecule has 0 fully saturated rings. The lowest BCUT2D eigenvalue weighted by Crippen LogP contribution is -2.15. The molecule has 0 amide bonds. The van der Waals surface area contributed by atoms with Gasteiger partial charge in [-0.25, -0.2) is 4.39 Å². The Morgan fingerprint density at radius 2 is 2.00 bits per heavy atom. The van der Waals surface area contributed by atoms with Crippen molar-refractivity contribution in [1.29, 1.82) is 0 Å². The molecule has 2 N–H and O–H groups in total. The van der Waals surface area contributed by atoms with Gasteiger partial charge in [-0.05, 0) is 55.5 Å². The first-order valence-electron chi connectivity index (χ1n) is 5.90. The highest BCUT2D eigenvalue weighted by Crippen LogP contribution is 2.12. The molecule has 1 rings (SSSR count). The molecule has 0 saturated carbocycles. The van der Waals surface area contributed by atoms with E-state index in [1.165, 1.54) is 12.1 Å². The molecule has 0 aliphatic rings. The van der Waals surface area contributed by atoms with Crippen LogP contribution in [0.1, 0.15) is 19.8 Å². The zero-order valence-electron chi connectivity index (χ0n) is 10.2. The fraction of sp³-hybridized carbons (Fsp3) is 0.538. The lowest BCUT2D eigenvalue weighted by molar-refractivity contribution is 0.318. The number of halogens is 1. The summed E-state index contributed by atoms with van der Waals surface area (Å²) < 4.78 is 18.1. The summed E-state index contributed by atoms with van der Waals surface area (Å²) in [5.74, 6) is 2.68. The Morgan fingerprint density at radius 1 is 1.29 bits per heavy atom. The Hall–Kier alpha value is -0.740. The minimum atomic E-state index is -0.233. The van der Waals surface area contributed by atoms with Crippen LogP contribution >= 0.6 is 11.8 Å². The summed E-state index contributed by atoms with van der Waals surface area (Å²) in [4.78, 5) is 0. The van der Waals surface area contributed by atoms with E-state index in [0.29, 0.717) is 6.61 Å². The molecule has 1 aromatic carbocycles. The Morgan fingerprint density at radius 3 is 2.65 bits per heavy atom. The SMILES string of the molecule is CC(N)CCSCCCOc1ccc(F)cc1. The minimum absolute atomic E-state index is 0.233. The van der Waals surface area contributed by atoms with Crippen LogP contribution in [0.25, 0.3) is 0 Å². The largest absolute Gasteiger partial charge is 0.494 e. The number of rotatable bonds is 8. The maximum atomic E-state index is 12.6. The van der Waals surface area contributed by atoms with E-state index in [9.17, 15) is 4.39 Å². The van der Waals surface area contributed by atoms with Gasteiger partial charge in [0.05, 0.1) is 6.61 Å². The fourth-order valence-electron chi connectivity index (χ4n) is 1.25. The molecule has 0 radical (unpaired) electrons. The first-order valence-corrected chi connectivity index (χ1v) is 7.05. The molecule has 0 aliphatic heterocycles. The van der Waals surface area contributed by atoms with E-state index >= 15 is 0 Å². The van der Waals surface area contributed by atoms with E-state index in [1.807, 2.05) is 18.7 Å². The van der Waals surface area contributed by atoms with Crippen LogP contribution in [0.5, 0.6) is 5.75 Å². The molecule has 0 spiro atoms. The second-order valence-corrected chi connectivity index (χ2v) is 5.26. The van der Waals surface area contributed by atoms with Gasteiger partial charge < -0.3 is 10.5 Å². The highest BCUT2D eigenvalue weighted by Gasteiger charge is 1.96. The number of thioether (sulfide) groups is 1. The summed E-state index contributed by atoms with van der Waals surface area (Å²) >= 11 is 1.90. The lowest BCUT2D eigenvalue weighted by Gasteiger charge is -2.06. The van der Waals surface area contributed by atoms with Crippen LogP contribution < -0.4 is 10.5 Å². The molecule has 1 unspecified atom stereocenters. The van der Waals surface area contributed by atoms with Crippen LogP contribution in [0.4, 0.5) is 4.39 Å². The van der Waals surface area contributed by atoms with E-state index < -0.39 is 0 Å². The zero-order chi connectivity index (χ0) is 12.5. The zero-order valence-corrected chi connectivity index (χ0v) is 11.0. The molecule has 0 aliphatic carbocycles. The summed E-state index contributed by atoms with van der Waals surface area (Å²) in [5.41, 5.74) is 5.65. The molecule has 1 aromatic rings. The molecule has 0 heterocycles. The standard InChI is InChI=1S/C13H20FNOS/c1-11(15)7-10-17-9-2-8-16-13-5-3-12(14)4-6-13/h3-6,11H,2,7-10,15H2,1H3. The van der Waals surface area contributed by atoms with E-state index in [1.54, 1.807) is 12.1 Å². The Kier molecular flexibility index (Phi) is 7.05. The topological polar surface area (TPSA) is 35.2 Å². The summed E-state index contributed by atoms with van der Waals surface area (Å²) in [6, 6.07) is 6.41. The van der Waals surface area contributed by atoms with Gasteiger partial charge in [-0.3, -0.25) is 0 Å². The highest BCUT2D eigenvalue weighted by atomic mass is 32.2. The maximum Gasteiger partial charge on any atom is 0.123 e. The van der Waals surface area contributed by atoms with Crippen molar-refractivity contribution in [3.63, 3.8) is 0 Å². The van der Waals surface area contributed by atoms with Crippen LogP contribution in [0.2, 0.25) is 0 Å². The van der Waals surface area contributed by atoms with Gasteiger partial charge in [-0.15, -0.1) is 0 Å². The van der Waals surface area contributed by atoms with E-state index in [-0.39, 0.29) is 11.9 Å². The molecule has 1 atom stereocenters. The minimum Gasteiger partial charge on any atom is -0.494 e. The van der Waals surface area contributed by atoms with Gasteiger partial charge >= 0.3 is 0 Å². The quantitative estimate of drug-likeness (QED) is 0.727. The van der Waals surface area contributed by atoms with Crippen molar-refractivity contribution in [2.24, 2.45) is 5.73 Å². The number of benzene rings is 1. The van der Waals surface area contributed by atoms with Crippen molar-refractivity contribution in [1.82, 2.24) is 0 Å². The number of hydrogen-bond acceptors (Lipinski definition) is 3. The third kappa shape index (κ3) is 7.23. The fourth-order valence-corrected chi connectivity index (χ4v) is 2.32. The lowest BCUT2D eigenvalue weighted by atomic mass is 10.3. The molecule has 0 bridgehead atoms. The van der Waals surface area contributed by atoms with Gasteiger partial charge in [0.2, 0.25) is 0 Å². The predicted molar refractivity (Wildman–Crippen MR) is 72.1 cm³/mol. The van der Waals surface area contributed by atoms with Gasteiger partial charge in [0.1, 0.15) is 11.6 Å². The van der Waals surface area contributed by atoms with Crippen LogP contribution in [-0.2, 0) is 0 Å². The first-order chi connectivity index (χ1) is 8.18. The second-order valence-electron chi connectivity index (χ2n) is 4.03. The van der Waals surface area contributed by atoms with Crippen LogP contribution in [0.15, 0.2) is 24.3 Å². The molecule has 2 nitrogen and oxygen atoms in total. The van der Waals surface area contributed by atoms with E-state index in [0.717, 1.165) is 30.1 Å². The number of ether oxygens (including phenoxy) is 1. The summed E-state index contributed by atoms with van der Waals surface area (Å²) in [6.45, 7) is 2.70. The Labute approximate surface area is 107 Å². The van der Waals surface area contributed by atoms with Gasteiger partial charge in [0.25, 0.3) is 0 Å². The summed E-state index contributed by atoms with van der Waals surface area (Å²) in [6.07, 6.45) is 2.06.